The van der Waals surface area contributed by atoms with E-state index in [1.54, 1.807) is 0 Å². The van der Waals surface area contributed by atoms with Crippen LogP contribution in [0.5, 0.6) is 0 Å². The first-order valence-corrected chi connectivity index (χ1v) is 6.88. The molecular formula is C13H13BrF2N4. The molecule has 2 aromatic rings. The van der Waals surface area contributed by atoms with Crippen molar-refractivity contribution in [2.75, 3.05) is 17.2 Å². The van der Waals surface area contributed by atoms with Crippen LogP contribution in [-0.4, -0.2) is 16.5 Å². The van der Waals surface area contributed by atoms with Crippen molar-refractivity contribution < 1.29 is 8.78 Å². The molecule has 1 heterocycles. The maximum absolute atomic E-state index is 13.7. The minimum Gasteiger partial charge on any atom is -0.354 e. The van der Waals surface area contributed by atoms with Crippen molar-refractivity contribution in [1.82, 2.24) is 9.97 Å². The Balaban J connectivity index is 2.20. The lowest BCUT2D eigenvalue weighted by molar-refractivity contribution is 0.618. The van der Waals surface area contributed by atoms with Crippen molar-refractivity contribution in [3.05, 3.63) is 40.5 Å². The summed E-state index contributed by atoms with van der Waals surface area (Å²) < 4.78 is 27.1. The minimum absolute atomic E-state index is 0.0390. The van der Waals surface area contributed by atoms with Gasteiger partial charge in [-0.1, -0.05) is 6.92 Å². The molecule has 0 aliphatic heterocycles. The van der Waals surface area contributed by atoms with Gasteiger partial charge in [0.05, 0.1) is 10.7 Å². The first-order valence-electron chi connectivity index (χ1n) is 6.08. The van der Waals surface area contributed by atoms with Gasteiger partial charge >= 0.3 is 0 Å². The van der Waals surface area contributed by atoms with E-state index in [2.05, 4.69) is 36.5 Å². The smallest absolute Gasteiger partial charge is 0.224 e. The largest absolute Gasteiger partial charge is 0.354 e. The fraction of sp³-hybridized carbons (Fsp3) is 0.231. The number of anilines is 3. The molecule has 20 heavy (non-hydrogen) atoms. The number of rotatable bonds is 5. The summed E-state index contributed by atoms with van der Waals surface area (Å²) in [5, 5.41) is 5.76. The maximum Gasteiger partial charge on any atom is 0.224 e. The third kappa shape index (κ3) is 3.63. The lowest BCUT2D eigenvalue weighted by Gasteiger charge is -2.09. The van der Waals surface area contributed by atoms with Gasteiger partial charge in [0, 0.05) is 12.2 Å². The van der Waals surface area contributed by atoms with E-state index in [9.17, 15) is 8.78 Å². The summed E-state index contributed by atoms with van der Waals surface area (Å²) in [7, 11) is 0. The molecule has 0 bridgehead atoms. The van der Waals surface area contributed by atoms with Crippen LogP contribution in [0.25, 0.3) is 0 Å². The average Bonchev–Trinajstić information content (AvgIpc) is 2.44. The van der Waals surface area contributed by atoms with Crippen molar-refractivity contribution in [2.45, 2.75) is 13.3 Å². The number of benzene rings is 1. The molecule has 0 aliphatic rings. The second-order valence-electron chi connectivity index (χ2n) is 4.07. The molecule has 2 N–H and O–H groups in total. The second-order valence-corrected chi connectivity index (χ2v) is 4.93. The zero-order chi connectivity index (χ0) is 14.5. The summed E-state index contributed by atoms with van der Waals surface area (Å²) >= 11 is 3.07. The Hall–Kier alpha value is -1.76. The first kappa shape index (κ1) is 14.6. The zero-order valence-corrected chi connectivity index (χ0v) is 12.3. The number of aromatic nitrogens is 2. The van der Waals surface area contributed by atoms with Crippen LogP contribution in [0, 0.1) is 11.6 Å². The fourth-order valence-corrected chi connectivity index (χ4v) is 1.87. The van der Waals surface area contributed by atoms with E-state index in [4.69, 9.17) is 0 Å². The lowest BCUT2D eigenvalue weighted by atomic mass is 10.3. The minimum atomic E-state index is -0.576. The maximum atomic E-state index is 13.7. The Bertz CT molecular complexity index is 607. The summed E-state index contributed by atoms with van der Waals surface area (Å²) in [6.45, 7) is 2.71. The van der Waals surface area contributed by atoms with Gasteiger partial charge in [0.25, 0.3) is 0 Å². The summed E-state index contributed by atoms with van der Waals surface area (Å²) in [5.74, 6) is -0.578. The van der Waals surface area contributed by atoms with E-state index < -0.39 is 5.82 Å². The highest BCUT2D eigenvalue weighted by Gasteiger charge is 2.08. The Morgan fingerprint density at radius 3 is 2.75 bits per heavy atom. The molecule has 0 atom stereocenters. The second kappa shape index (κ2) is 6.60. The molecule has 0 radical (unpaired) electrons. The summed E-state index contributed by atoms with van der Waals surface area (Å²) in [5.41, 5.74) is 0.525. The molecule has 0 unspecified atom stereocenters. The SMILES string of the molecule is CCCNc1ncc(F)c(Nc2ccc(F)c(Br)c2)n1. The predicted molar refractivity (Wildman–Crippen MR) is 78.2 cm³/mol. The van der Waals surface area contributed by atoms with Crippen LogP contribution in [0.15, 0.2) is 28.9 Å². The Kier molecular flexibility index (Phi) is 4.84. The van der Waals surface area contributed by atoms with Crippen molar-refractivity contribution in [3.8, 4) is 0 Å². The van der Waals surface area contributed by atoms with Gasteiger partial charge in [0.2, 0.25) is 5.95 Å². The molecule has 1 aromatic heterocycles. The summed E-state index contributed by atoms with van der Waals surface area (Å²) in [6.07, 6.45) is 2.00. The van der Waals surface area contributed by atoms with Crippen molar-refractivity contribution >= 4 is 33.4 Å². The molecule has 1 aromatic carbocycles. The van der Waals surface area contributed by atoms with Crippen LogP contribution in [0.1, 0.15) is 13.3 Å². The molecule has 7 heteroatoms. The van der Waals surface area contributed by atoms with Gasteiger partial charge in [0.1, 0.15) is 5.82 Å². The van der Waals surface area contributed by atoms with E-state index in [0.717, 1.165) is 12.6 Å². The normalized spacial score (nSPS) is 10.4. The first-order chi connectivity index (χ1) is 9.60. The quantitative estimate of drug-likeness (QED) is 0.859. The third-order valence-corrected chi connectivity index (χ3v) is 3.07. The molecular weight excluding hydrogens is 330 g/mol. The topological polar surface area (TPSA) is 49.8 Å². The van der Waals surface area contributed by atoms with E-state index >= 15 is 0 Å². The van der Waals surface area contributed by atoms with Crippen LogP contribution in [0.4, 0.5) is 26.2 Å². The monoisotopic (exact) mass is 342 g/mol. The molecule has 2 rings (SSSR count). The van der Waals surface area contributed by atoms with E-state index in [1.165, 1.54) is 18.2 Å². The molecule has 0 spiro atoms. The standard InChI is InChI=1S/C13H13BrF2N4/c1-2-5-17-13-18-7-11(16)12(20-13)19-8-3-4-10(15)9(14)6-8/h3-4,6-7H,2,5H2,1H3,(H2,17,18,19,20). The highest BCUT2D eigenvalue weighted by Crippen LogP contribution is 2.23. The number of hydrogen-bond acceptors (Lipinski definition) is 4. The van der Waals surface area contributed by atoms with E-state index in [1.807, 2.05) is 6.92 Å². The molecule has 0 aliphatic carbocycles. The van der Waals surface area contributed by atoms with Crippen LogP contribution in [0.2, 0.25) is 0 Å². The highest BCUT2D eigenvalue weighted by molar-refractivity contribution is 9.10. The zero-order valence-electron chi connectivity index (χ0n) is 10.8. The van der Waals surface area contributed by atoms with E-state index in [-0.39, 0.29) is 11.6 Å². The molecule has 0 saturated heterocycles. The molecule has 0 fully saturated rings. The van der Waals surface area contributed by atoms with Gasteiger partial charge in [-0.05, 0) is 40.5 Å². The number of hydrogen-bond donors (Lipinski definition) is 2. The third-order valence-electron chi connectivity index (χ3n) is 2.46. The van der Waals surface area contributed by atoms with Gasteiger partial charge in [-0.3, -0.25) is 0 Å². The van der Waals surface area contributed by atoms with Gasteiger partial charge in [0.15, 0.2) is 11.6 Å². The molecule has 0 amide bonds. The fourth-order valence-electron chi connectivity index (χ4n) is 1.49. The van der Waals surface area contributed by atoms with E-state index in [0.29, 0.717) is 22.7 Å². The van der Waals surface area contributed by atoms with Crippen molar-refractivity contribution in [3.63, 3.8) is 0 Å². The average molecular weight is 343 g/mol. The van der Waals surface area contributed by atoms with Gasteiger partial charge in [-0.25, -0.2) is 13.8 Å². The number of nitrogens with zero attached hydrogens (tertiary/aromatic N) is 2. The Morgan fingerprint density at radius 2 is 2.05 bits per heavy atom. The Morgan fingerprint density at radius 1 is 1.25 bits per heavy atom. The van der Waals surface area contributed by atoms with Gasteiger partial charge in [-0.2, -0.15) is 4.98 Å². The highest BCUT2D eigenvalue weighted by atomic mass is 79.9. The van der Waals surface area contributed by atoms with Gasteiger partial charge in [-0.15, -0.1) is 0 Å². The van der Waals surface area contributed by atoms with Crippen LogP contribution in [0.3, 0.4) is 0 Å². The summed E-state index contributed by atoms with van der Waals surface area (Å²) in [4.78, 5) is 7.88. The Labute approximate surface area is 123 Å². The van der Waals surface area contributed by atoms with Gasteiger partial charge < -0.3 is 10.6 Å². The summed E-state index contributed by atoms with van der Waals surface area (Å²) in [6, 6.07) is 4.29. The molecule has 106 valence electrons. The number of halogens is 3. The van der Waals surface area contributed by atoms with Crippen LogP contribution < -0.4 is 10.6 Å². The predicted octanol–water partition coefficient (Wildman–Crippen LogP) is 4.08. The van der Waals surface area contributed by atoms with Crippen molar-refractivity contribution in [2.24, 2.45) is 0 Å². The molecule has 4 nitrogen and oxygen atoms in total. The van der Waals surface area contributed by atoms with Crippen LogP contribution >= 0.6 is 15.9 Å². The lowest BCUT2D eigenvalue weighted by Crippen LogP contribution is -2.07. The molecule has 0 saturated carbocycles. The van der Waals surface area contributed by atoms with Crippen molar-refractivity contribution in [1.29, 1.82) is 0 Å². The number of nitrogens with one attached hydrogen (secondary N) is 2. The van der Waals surface area contributed by atoms with Crippen LogP contribution in [-0.2, 0) is 0 Å².